The third-order valence-electron chi connectivity index (χ3n) is 3.22. The zero-order chi connectivity index (χ0) is 13.8. The van der Waals surface area contributed by atoms with Crippen LogP contribution in [0, 0.1) is 0 Å². The molecule has 0 aromatic carbocycles. The summed E-state index contributed by atoms with van der Waals surface area (Å²) in [7, 11) is 0. The van der Waals surface area contributed by atoms with Crippen LogP contribution in [0.1, 0.15) is 37.9 Å². The molecule has 19 heavy (non-hydrogen) atoms. The van der Waals surface area contributed by atoms with Crippen molar-refractivity contribution in [3.63, 3.8) is 0 Å². The molecule has 2 rings (SSSR count). The average molecular weight is 301 g/mol. The van der Waals surface area contributed by atoms with E-state index in [0.717, 1.165) is 29.0 Å². The monoisotopic (exact) mass is 301 g/mol. The van der Waals surface area contributed by atoms with Gasteiger partial charge in [-0.3, -0.25) is 4.79 Å². The van der Waals surface area contributed by atoms with Crippen LogP contribution >= 0.6 is 23.1 Å². The maximum Gasteiger partial charge on any atom is 0.326 e. The lowest BCUT2D eigenvalue weighted by atomic mass is 10.2. The average Bonchev–Trinajstić information content (AvgIpc) is 2.99. The Morgan fingerprint density at radius 2 is 2.53 bits per heavy atom. The lowest BCUT2D eigenvalue weighted by Gasteiger charge is -2.11. The molecule has 0 saturated heterocycles. The molecule has 7 heteroatoms. The molecule has 1 aliphatic rings. The van der Waals surface area contributed by atoms with Crippen LogP contribution in [0.2, 0.25) is 0 Å². The third-order valence-corrected chi connectivity index (χ3v) is 5.25. The highest BCUT2D eigenvalue weighted by atomic mass is 32.2. The van der Waals surface area contributed by atoms with Gasteiger partial charge >= 0.3 is 5.97 Å². The van der Waals surface area contributed by atoms with Gasteiger partial charge in [0.1, 0.15) is 6.04 Å². The first-order valence-electron chi connectivity index (χ1n) is 6.42. The van der Waals surface area contributed by atoms with Crippen molar-refractivity contribution >= 4 is 34.2 Å². The summed E-state index contributed by atoms with van der Waals surface area (Å²) in [6.45, 7) is 2.19. The molecule has 0 spiro atoms. The van der Waals surface area contributed by atoms with Gasteiger partial charge in [0.25, 0.3) is 0 Å². The highest BCUT2D eigenvalue weighted by Crippen LogP contribution is 2.32. The summed E-state index contributed by atoms with van der Waals surface area (Å²) in [6, 6.07) is -0.581. The molecule has 5 nitrogen and oxygen atoms in total. The number of aliphatic carboxylic acids is 1. The van der Waals surface area contributed by atoms with Crippen LogP contribution in [-0.2, 0) is 4.79 Å². The van der Waals surface area contributed by atoms with Gasteiger partial charge in [0, 0.05) is 16.7 Å². The normalized spacial score (nSPS) is 24.3. The highest BCUT2D eigenvalue weighted by molar-refractivity contribution is 7.99. The van der Waals surface area contributed by atoms with Gasteiger partial charge < -0.3 is 16.2 Å². The van der Waals surface area contributed by atoms with Crippen molar-refractivity contribution in [2.45, 2.75) is 43.5 Å². The number of nitrogens with one attached hydrogen (secondary N) is 1. The molecule has 1 saturated carbocycles. The zero-order valence-electron chi connectivity index (χ0n) is 10.8. The van der Waals surface area contributed by atoms with Crippen molar-refractivity contribution < 1.29 is 9.90 Å². The van der Waals surface area contributed by atoms with E-state index in [0.29, 0.717) is 11.7 Å². The van der Waals surface area contributed by atoms with Gasteiger partial charge in [-0.05, 0) is 25.0 Å². The molecule has 3 unspecified atom stereocenters. The number of carbonyl (C=O) groups is 1. The number of hydrogen-bond donors (Lipinski definition) is 3. The Morgan fingerprint density at radius 3 is 3.21 bits per heavy atom. The molecule has 1 fully saturated rings. The zero-order valence-corrected chi connectivity index (χ0v) is 12.5. The Balaban J connectivity index is 1.89. The Labute approximate surface area is 121 Å². The van der Waals surface area contributed by atoms with Crippen LogP contribution in [0.4, 0.5) is 5.13 Å². The predicted octanol–water partition coefficient (Wildman–Crippen LogP) is 2.31. The first kappa shape index (κ1) is 14.6. The summed E-state index contributed by atoms with van der Waals surface area (Å²) in [5.74, 6) is 0.115. The van der Waals surface area contributed by atoms with E-state index in [1.54, 1.807) is 5.38 Å². The summed E-state index contributed by atoms with van der Waals surface area (Å²) in [6.07, 6.45) is 3.54. The maximum atomic E-state index is 10.8. The van der Waals surface area contributed by atoms with E-state index in [2.05, 4.69) is 17.2 Å². The van der Waals surface area contributed by atoms with Gasteiger partial charge in [-0.15, -0.1) is 11.3 Å². The molecule has 1 aromatic heterocycles. The Hall–Kier alpha value is -0.790. The second kappa shape index (κ2) is 6.58. The molecule has 1 aliphatic carbocycles. The molecule has 0 aliphatic heterocycles. The number of carboxylic acid groups (broad SMARTS) is 1. The van der Waals surface area contributed by atoms with Crippen LogP contribution in [0.25, 0.3) is 0 Å². The third kappa shape index (κ3) is 3.84. The Morgan fingerprint density at radius 1 is 1.74 bits per heavy atom. The fraction of sp³-hybridized carbons (Fsp3) is 0.667. The SMILES string of the molecule is CCSC1CCC(Nc2nc(C(N)C(=O)O)cs2)C1. The van der Waals surface area contributed by atoms with E-state index < -0.39 is 12.0 Å². The van der Waals surface area contributed by atoms with Crippen molar-refractivity contribution in [3.8, 4) is 0 Å². The number of thioether (sulfide) groups is 1. The summed E-state index contributed by atoms with van der Waals surface area (Å²) in [5.41, 5.74) is 5.96. The van der Waals surface area contributed by atoms with Crippen LogP contribution in [0.5, 0.6) is 0 Å². The van der Waals surface area contributed by atoms with Crippen molar-refractivity contribution in [3.05, 3.63) is 11.1 Å². The predicted molar refractivity (Wildman–Crippen MR) is 79.9 cm³/mol. The molecule has 1 heterocycles. The van der Waals surface area contributed by atoms with Crippen LogP contribution < -0.4 is 11.1 Å². The van der Waals surface area contributed by atoms with Crippen molar-refractivity contribution in [1.82, 2.24) is 4.98 Å². The number of hydrogen-bond acceptors (Lipinski definition) is 6. The molecule has 0 radical (unpaired) electrons. The van der Waals surface area contributed by atoms with E-state index >= 15 is 0 Å². The van der Waals surface area contributed by atoms with Crippen LogP contribution in [0.3, 0.4) is 0 Å². The summed E-state index contributed by atoms with van der Waals surface area (Å²) in [5, 5.41) is 15.5. The van der Waals surface area contributed by atoms with Gasteiger partial charge in [0.15, 0.2) is 5.13 Å². The van der Waals surface area contributed by atoms with Gasteiger partial charge in [0.05, 0.1) is 5.69 Å². The largest absolute Gasteiger partial charge is 0.480 e. The first-order chi connectivity index (χ1) is 9.10. The number of nitrogens with zero attached hydrogens (tertiary/aromatic N) is 1. The fourth-order valence-corrected chi connectivity index (χ4v) is 4.22. The topological polar surface area (TPSA) is 88.2 Å². The summed E-state index contributed by atoms with van der Waals surface area (Å²) < 4.78 is 0. The molecular formula is C12H19N3O2S2. The molecule has 0 bridgehead atoms. The second-order valence-corrected chi connectivity index (χ2v) is 7.06. The number of anilines is 1. The molecule has 3 atom stereocenters. The quantitative estimate of drug-likeness (QED) is 0.747. The lowest BCUT2D eigenvalue weighted by molar-refractivity contribution is -0.138. The number of aromatic nitrogens is 1. The Bertz CT molecular complexity index is 438. The van der Waals surface area contributed by atoms with E-state index in [4.69, 9.17) is 10.8 Å². The van der Waals surface area contributed by atoms with Crippen LogP contribution in [0.15, 0.2) is 5.38 Å². The molecule has 106 valence electrons. The first-order valence-corrected chi connectivity index (χ1v) is 8.35. The minimum absolute atomic E-state index is 0.428. The van der Waals surface area contributed by atoms with Gasteiger partial charge in [-0.1, -0.05) is 6.92 Å². The minimum atomic E-state index is -1.04. The number of nitrogens with two attached hydrogens (primary N) is 1. The van der Waals surface area contributed by atoms with Crippen molar-refractivity contribution in [2.24, 2.45) is 5.73 Å². The fourth-order valence-electron chi connectivity index (χ4n) is 2.25. The summed E-state index contributed by atoms with van der Waals surface area (Å²) >= 11 is 3.44. The van der Waals surface area contributed by atoms with Gasteiger partial charge in [-0.2, -0.15) is 11.8 Å². The standard InChI is InChI=1S/C12H19N3O2S2/c1-2-18-8-4-3-7(5-8)14-12-15-9(6-19-12)10(13)11(16)17/h6-8,10H,2-5,13H2,1H3,(H,14,15)(H,16,17). The van der Waals surface area contributed by atoms with E-state index in [9.17, 15) is 4.79 Å². The lowest BCUT2D eigenvalue weighted by Crippen LogP contribution is -2.21. The van der Waals surface area contributed by atoms with Crippen LogP contribution in [-0.4, -0.2) is 33.1 Å². The Kier molecular flexibility index (Phi) is 5.06. The smallest absolute Gasteiger partial charge is 0.326 e. The molecule has 1 aromatic rings. The van der Waals surface area contributed by atoms with Crippen molar-refractivity contribution in [1.29, 1.82) is 0 Å². The minimum Gasteiger partial charge on any atom is -0.480 e. The van der Waals surface area contributed by atoms with Gasteiger partial charge in [-0.25, -0.2) is 4.98 Å². The summed E-state index contributed by atoms with van der Waals surface area (Å²) in [4.78, 5) is 15.0. The van der Waals surface area contributed by atoms with E-state index in [1.807, 2.05) is 11.8 Å². The number of carboxylic acids is 1. The highest BCUT2D eigenvalue weighted by Gasteiger charge is 2.25. The number of thiazole rings is 1. The molecule has 4 N–H and O–H groups in total. The number of rotatable bonds is 6. The second-order valence-electron chi connectivity index (χ2n) is 4.63. The van der Waals surface area contributed by atoms with E-state index in [1.165, 1.54) is 17.8 Å². The maximum absolute atomic E-state index is 10.8. The molecule has 0 amide bonds. The van der Waals surface area contributed by atoms with Crippen molar-refractivity contribution in [2.75, 3.05) is 11.1 Å². The van der Waals surface area contributed by atoms with E-state index in [-0.39, 0.29) is 0 Å². The molecular weight excluding hydrogens is 282 g/mol. The van der Waals surface area contributed by atoms with Gasteiger partial charge in [0.2, 0.25) is 0 Å².